The number of hydrogen-bond acceptors (Lipinski definition) is 4. The summed E-state index contributed by atoms with van der Waals surface area (Å²) >= 11 is 12.2. The van der Waals surface area contributed by atoms with Crippen molar-refractivity contribution in [2.45, 2.75) is 18.9 Å². The highest BCUT2D eigenvalue weighted by Crippen LogP contribution is 2.33. The Morgan fingerprint density at radius 1 is 1.24 bits per heavy atom. The van der Waals surface area contributed by atoms with Crippen LogP contribution in [0.25, 0.3) is 11.3 Å². The molecule has 0 saturated carbocycles. The van der Waals surface area contributed by atoms with Gasteiger partial charge in [-0.2, -0.15) is 0 Å². The summed E-state index contributed by atoms with van der Waals surface area (Å²) in [7, 11) is 0. The van der Waals surface area contributed by atoms with Crippen LogP contribution in [-0.2, 0) is 9.59 Å². The fourth-order valence-corrected chi connectivity index (χ4v) is 2.81. The van der Waals surface area contributed by atoms with Gasteiger partial charge in [0.05, 0.1) is 16.2 Å². The molecule has 0 bridgehead atoms. The fourth-order valence-electron chi connectivity index (χ4n) is 2.22. The zero-order valence-electron chi connectivity index (χ0n) is 10.7. The van der Waals surface area contributed by atoms with E-state index in [4.69, 9.17) is 23.2 Å². The number of rotatable bonds is 2. The lowest BCUT2D eigenvalue weighted by molar-refractivity contribution is -0.136. The summed E-state index contributed by atoms with van der Waals surface area (Å²) in [6.45, 7) is 0. The first-order chi connectivity index (χ1) is 10.1. The molecule has 1 fully saturated rings. The molecule has 3 rings (SSSR count). The van der Waals surface area contributed by atoms with Crippen molar-refractivity contribution in [3.05, 3.63) is 34.4 Å². The summed E-state index contributed by atoms with van der Waals surface area (Å²) in [6.07, 6.45) is 2.27. The van der Waals surface area contributed by atoms with E-state index < -0.39 is 6.04 Å². The minimum Gasteiger partial charge on any atom is -0.295 e. The topological polar surface area (TPSA) is 76.9 Å². The Morgan fingerprint density at radius 3 is 2.62 bits per heavy atom. The third-order valence-electron chi connectivity index (χ3n) is 3.26. The lowest BCUT2D eigenvalue weighted by Crippen LogP contribution is -2.41. The number of nitrogens with zero attached hydrogens (tertiary/aromatic N) is 3. The quantitative estimate of drug-likeness (QED) is 0.859. The summed E-state index contributed by atoms with van der Waals surface area (Å²) in [4.78, 5) is 23.0. The van der Waals surface area contributed by atoms with Crippen LogP contribution in [0.5, 0.6) is 0 Å². The highest BCUT2D eigenvalue weighted by molar-refractivity contribution is 6.39. The number of imide groups is 1. The van der Waals surface area contributed by atoms with Crippen LogP contribution in [0.4, 0.5) is 0 Å². The monoisotopic (exact) mass is 324 g/mol. The van der Waals surface area contributed by atoms with Crippen molar-refractivity contribution < 1.29 is 9.59 Å². The van der Waals surface area contributed by atoms with Crippen LogP contribution in [0.15, 0.2) is 24.4 Å². The van der Waals surface area contributed by atoms with E-state index >= 15 is 0 Å². The van der Waals surface area contributed by atoms with Gasteiger partial charge in [-0.15, -0.1) is 5.10 Å². The lowest BCUT2D eigenvalue weighted by atomic mass is 10.1. The number of carbonyl (C=O) groups excluding carboxylic acids is 2. The van der Waals surface area contributed by atoms with E-state index in [-0.39, 0.29) is 18.2 Å². The van der Waals surface area contributed by atoms with Gasteiger partial charge in [-0.25, -0.2) is 4.68 Å². The molecule has 2 amide bonds. The molecule has 1 aliphatic heterocycles. The van der Waals surface area contributed by atoms with Crippen LogP contribution in [0, 0.1) is 0 Å². The molecule has 2 heterocycles. The number of nitrogens with one attached hydrogen (secondary N) is 1. The van der Waals surface area contributed by atoms with Crippen LogP contribution in [0.2, 0.25) is 10.0 Å². The maximum Gasteiger partial charge on any atom is 0.251 e. The second-order valence-corrected chi connectivity index (χ2v) is 5.46. The van der Waals surface area contributed by atoms with Crippen LogP contribution in [-0.4, -0.2) is 26.8 Å². The molecule has 0 aliphatic carbocycles. The molecule has 8 heteroatoms. The van der Waals surface area contributed by atoms with Crippen molar-refractivity contribution >= 4 is 35.0 Å². The molecule has 0 radical (unpaired) electrons. The number of piperidine rings is 1. The van der Waals surface area contributed by atoms with E-state index in [1.807, 2.05) is 0 Å². The molecular weight excluding hydrogens is 315 g/mol. The Hall–Kier alpha value is -1.92. The van der Waals surface area contributed by atoms with E-state index in [0.29, 0.717) is 27.7 Å². The smallest absolute Gasteiger partial charge is 0.251 e. The highest BCUT2D eigenvalue weighted by Gasteiger charge is 2.29. The summed E-state index contributed by atoms with van der Waals surface area (Å²) in [5, 5.41) is 11.2. The van der Waals surface area contributed by atoms with E-state index in [0.717, 1.165) is 0 Å². The first kappa shape index (κ1) is 14.0. The van der Waals surface area contributed by atoms with Crippen LogP contribution in [0.1, 0.15) is 18.9 Å². The number of hydrogen-bond donors (Lipinski definition) is 1. The minimum atomic E-state index is -0.551. The van der Waals surface area contributed by atoms with Gasteiger partial charge in [0.1, 0.15) is 11.7 Å². The van der Waals surface area contributed by atoms with Crippen LogP contribution in [0.3, 0.4) is 0 Å². The molecule has 0 spiro atoms. The maximum absolute atomic E-state index is 11.8. The third-order valence-corrected chi connectivity index (χ3v) is 3.89. The Kier molecular flexibility index (Phi) is 3.65. The Morgan fingerprint density at radius 2 is 1.95 bits per heavy atom. The standard InChI is InChI=1S/C13H10Cl2N4O2/c14-7-2-1-3-8(15)12(7)9-6-19(18-17-9)10-4-5-11(20)16-13(10)21/h1-3,6,10H,4-5H2,(H,16,20,21). The van der Waals surface area contributed by atoms with E-state index in [1.165, 1.54) is 4.68 Å². The van der Waals surface area contributed by atoms with Crippen LogP contribution < -0.4 is 5.32 Å². The molecule has 1 aromatic carbocycles. The number of benzene rings is 1. The molecule has 1 N–H and O–H groups in total. The van der Waals surface area contributed by atoms with Crippen molar-refractivity contribution in [2.75, 3.05) is 0 Å². The average molecular weight is 325 g/mol. The molecular formula is C13H10Cl2N4O2. The Balaban J connectivity index is 1.94. The van der Waals surface area contributed by atoms with Crippen LogP contribution >= 0.6 is 23.2 Å². The fraction of sp³-hybridized carbons (Fsp3) is 0.231. The number of aromatic nitrogens is 3. The van der Waals surface area contributed by atoms with Gasteiger partial charge >= 0.3 is 0 Å². The summed E-state index contributed by atoms with van der Waals surface area (Å²) in [5.74, 6) is -0.654. The molecule has 1 aromatic heterocycles. The van der Waals surface area contributed by atoms with E-state index in [1.54, 1.807) is 24.4 Å². The second-order valence-electron chi connectivity index (χ2n) is 4.65. The predicted octanol–water partition coefficient (Wildman–Crippen LogP) is 2.23. The van der Waals surface area contributed by atoms with Gasteiger partial charge < -0.3 is 0 Å². The predicted molar refractivity (Wildman–Crippen MR) is 76.9 cm³/mol. The van der Waals surface area contributed by atoms with Gasteiger partial charge in [0.2, 0.25) is 5.91 Å². The number of carbonyl (C=O) groups is 2. The van der Waals surface area contributed by atoms with Crippen molar-refractivity contribution in [3.63, 3.8) is 0 Å². The molecule has 1 atom stereocenters. The van der Waals surface area contributed by atoms with Gasteiger partial charge in [-0.1, -0.05) is 34.5 Å². The summed E-state index contributed by atoms with van der Waals surface area (Å²) < 4.78 is 1.43. The maximum atomic E-state index is 11.8. The number of amides is 2. The van der Waals surface area contributed by atoms with Gasteiger partial charge in [0, 0.05) is 12.0 Å². The highest BCUT2D eigenvalue weighted by atomic mass is 35.5. The normalized spacial score (nSPS) is 18.7. The van der Waals surface area contributed by atoms with Gasteiger partial charge in [-0.05, 0) is 18.6 Å². The number of halogens is 2. The van der Waals surface area contributed by atoms with E-state index in [2.05, 4.69) is 15.6 Å². The van der Waals surface area contributed by atoms with Gasteiger partial charge in [-0.3, -0.25) is 14.9 Å². The molecule has 6 nitrogen and oxygen atoms in total. The Bertz CT molecular complexity index is 708. The third kappa shape index (κ3) is 2.64. The molecule has 2 aromatic rings. The Labute approximate surface area is 130 Å². The zero-order valence-corrected chi connectivity index (χ0v) is 12.2. The summed E-state index contributed by atoms with van der Waals surface area (Å²) in [6, 6.07) is 4.59. The SMILES string of the molecule is O=C1CCC(n2cc(-c3c(Cl)cccc3Cl)nn2)C(=O)N1. The van der Waals surface area contributed by atoms with Crippen molar-refractivity contribution in [2.24, 2.45) is 0 Å². The molecule has 1 saturated heterocycles. The first-order valence-corrected chi connectivity index (χ1v) is 7.02. The zero-order chi connectivity index (χ0) is 15.0. The van der Waals surface area contributed by atoms with Crippen molar-refractivity contribution in [3.8, 4) is 11.3 Å². The molecule has 108 valence electrons. The first-order valence-electron chi connectivity index (χ1n) is 6.26. The lowest BCUT2D eigenvalue weighted by Gasteiger charge is -2.20. The molecule has 21 heavy (non-hydrogen) atoms. The van der Waals surface area contributed by atoms with Crippen molar-refractivity contribution in [1.29, 1.82) is 0 Å². The van der Waals surface area contributed by atoms with Crippen molar-refractivity contribution in [1.82, 2.24) is 20.3 Å². The van der Waals surface area contributed by atoms with Gasteiger partial charge in [0.25, 0.3) is 5.91 Å². The minimum absolute atomic E-state index is 0.272. The molecule has 1 unspecified atom stereocenters. The largest absolute Gasteiger partial charge is 0.295 e. The van der Waals surface area contributed by atoms with E-state index in [9.17, 15) is 9.59 Å². The second kappa shape index (κ2) is 5.46. The average Bonchev–Trinajstić information content (AvgIpc) is 2.87. The molecule has 1 aliphatic rings. The van der Waals surface area contributed by atoms with Gasteiger partial charge in [0.15, 0.2) is 0 Å². The summed E-state index contributed by atoms with van der Waals surface area (Å²) in [5.41, 5.74) is 1.05.